The number of pyridine rings is 2. The van der Waals surface area contributed by atoms with Gasteiger partial charge in [-0.3, -0.25) is 14.4 Å². The molecule has 3 aromatic carbocycles. The zero-order chi connectivity index (χ0) is 26.6. The molecule has 2 aliphatic rings. The lowest BCUT2D eigenvalue weighted by atomic mass is 9.90. The van der Waals surface area contributed by atoms with E-state index in [1.54, 1.807) is 19.1 Å². The van der Waals surface area contributed by atoms with Gasteiger partial charge < -0.3 is 9.97 Å². The van der Waals surface area contributed by atoms with Crippen LogP contribution >= 0.6 is 0 Å². The summed E-state index contributed by atoms with van der Waals surface area (Å²) in [6, 6.07) is 21.3. The molecule has 2 N–H and O–H groups in total. The second kappa shape index (κ2) is 8.81. The third kappa shape index (κ3) is 3.58. The summed E-state index contributed by atoms with van der Waals surface area (Å²) in [5.41, 5.74) is 5.24. The summed E-state index contributed by atoms with van der Waals surface area (Å²) in [6.45, 7) is 1.82. The molecular formula is C29H23N3O5S. The molecule has 0 bridgehead atoms. The molecule has 0 saturated carbocycles. The number of amides is 1. The fourth-order valence-electron chi connectivity index (χ4n) is 5.23. The number of fused-ring (bicyclic) bond motifs is 5. The molecule has 0 fully saturated rings. The van der Waals surface area contributed by atoms with Gasteiger partial charge in [0.25, 0.3) is 15.9 Å². The Morgan fingerprint density at radius 3 is 1.68 bits per heavy atom. The van der Waals surface area contributed by atoms with Crippen LogP contribution in [-0.2, 0) is 22.9 Å². The van der Waals surface area contributed by atoms with Gasteiger partial charge in [-0.05, 0) is 43.3 Å². The predicted molar refractivity (Wildman–Crippen MR) is 145 cm³/mol. The SMILES string of the molecule is CCN1C(=O)c2ccccc2S1(=O)=O.O=c1c2c([nH]c3ccccc13)Cc1c([nH]c3ccccc3c1=O)C2. The molecule has 1 amide bonds. The molecule has 7 rings (SSSR count). The number of carbonyl (C=O) groups excluding carboxylic acids is 1. The van der Waals surface area contributed by atoms with Gasteiger partial charge in [-0.2, -0.15) is 0 Å². The van der Waals surface area contributed by atoms with Gasteiger partial charge in [0.1, 0.15) is 4.90 Å². The van der Waals surface area contributed by atoms with Gasteiger partial charge in [-0.1, -0.05) is 36.4 Å². The quantitative estimate of drug-likeness (QED) is 0.339. The lowest BCUT2D eigenvalue weighted by Gasteiger charge is -2.20. The summed E-state index contributed by atoms with van der Waals surface area (Å²) < 4.78 is 24.3. The van der Waals surface area contributed by atoms with Crippen molar-refractivity contribution in [1.29, 1.82) is 0 Å². The molecule has 190 valence electrons. The Bertz CT molecular complexity index is 1910. The van der Waals surface area contributed by atoms with Crippen molar-refractivity contribution in [2.24, 2.45) is 0 Å². The third-order valence-electron chi connectivity index (χ3n) is 7.10. The van der Waals surface area contributed by atoms with E-state index in [0.29, 0.717) is 23.6 Å². The van der Waals surface area contributed by atoms with Crippen molar-refractivity contribution in [2.75, 3.05) is 6.54 Å². The standard InChI is InChI=1S/C20H14N2O2.C9H9NO3S/c23-19-11-5-1-3-7-15(11)21-17-10-14-18(9-13(17)19)22-16-8-4-2-6-12(16)20(14)24;1-2-10-9(11)7-5-3-4-6-8(7)14(10,12)13/h1-8H,9-10H2,(H,21,23)(H,22,24);3-6H,2H2,1H3. The minimum Gasteiger partial charge on any atom is -0.358 e. The molecule has 0 unspecified atom stereocenters. The van der Waals surface area contributed by atoms with Crippen LogP contribution in [-0.4, -0.2) is 35.1 Å². The summed E-state index contributed by atoms with van der Waals surface area (Å²) in [5, 5.41) is 1.39. The number of para-hydroxylation sites is 2. The van der Waals surface area contributed by atoms with E-state index in [-0.39, 0.29) is 27.9 Å². The van der Waals surface area contributed by atoms with E-state index in [0.717, 1.165) is 37.9 Å². The Hall–Kier alpha value is -4.50. The topological polar surface area (TPSA) is 120 Å². The highest BCUT2D eigenvalue weighted by molar-refractivity contribution is 7.90. The van der Waals surface area contributed by atoms with E-state index in [1.165, 1.54) is 12.1 Å². The monoisotopic (exact) mass is 525 g/mol. The number of nitrogens with zero attached hydrogens (tertiary/aromatic N) is 1. The molecule has 9 heteroatoms. The first-order chi connectivity index (χ1) is 18.3. The lowest BCUT2D eigenvalue weighted by Crippen LogP contribution is -2.29. The number of H-pyrrole nitrogens is 2. The van der Waals surface area contributed by atoms with E-state index in [9.17, 15) is 22.8 Å². The van der Waals surface area contributed by atoms with Crippen LogP contribution in [0.25, 0.3) is 21.8 Å². The van der Waals surface area contributed by atoms with Gasteiger partial charge in [-0.15, -0.1) is 0 Å². The largest absolute Gasteiger partial charge is 0.358 e. The molecule has 8 nitrogen and oxygen atoms in total. The van der Waals surface area contributed by atoms with Crippen LogP contribution in [0.1, 0.15) is 39.8 Å². The summed E-state index contributed by atoms with van der Waals surface area (Å²) >= 11 is 0. The van der Waals surface area contributed by atoms with Crippen LogP contribution in [0, 0.1) is 0 Å². The maximum absolute atomic E-state index is 12.8. The van der Waals surface area contributed by atoms with Crippen molar-refractivity contribution in [3.05, 3.63) is 121 Å². The summed E-state index contributed by atoms with van der Waals surface area (Å²) in [5.74, 6) is -0.428. The average Bonchev–Trinajstić information content (AvgIpc) is 3.13. The molecule has 38 heavy (non-hydrogen) atoms. The number of sulfonamides is 1. The number of carbonyl (C=O) groups is 1. The summed E-state index contributed by atoms with van der Waals surface area (Å²) in [7, 11) is -3.56. The highest BCUT2D eigenvalue weighted by atomic mass is 32.2. The Balaban J connectivity index is 0.000000161. The summed E-state index contributed by atoms with van der Waals surface area (Å²) in [6.07, 6.45) is 0.926. The van der Waals surface area contributed by atoms with Gasteiger partial charge in [0.15, 0.2) is 10.9 Å². The third-order valence-corrected chi connectivity index (χ3v) is 9.01. The molecule has 3 heterocycles. The first-order valence-corrected chi connectivity index (χ1v) is 13.7. The fraction of sp³-hybridized carbons (Fsp3) is 0.138. The minimum absolute atomic E-state index is 0.0546. The van der Waals surface area contributed by atoms with E-state index in [1.807, 2.05) is 48.5 Å². The van der Waals surface area contributed by atoms with Crippen molar-refractivity contribution >= 4 is 37.7 Å². The lowest BCUT2D eigenvalue weighted by molar-refractivity contribution is 0.0876. The molecule has 5 aromatic rings. The highest BCUT2D eigenvalue weighted by Gasteiger charge is 2.39. The molecule has 0 saturated heterocycles. The van der Waals surface area contributed by atoms with Crippen molar-refractivity contribution in [1.82, 2.24) is 14.3 Å². The first kappa shape index (κ1) is 23.9. The number of benzene rings is 3. The summed E-state index contributed by atoms with van der Waals surface area (Å²) in [4.78, 5) is 44.0. The molecule has 0 atom stereocenters. The zero-order valence-corrected chi connectivity index (χ0v) is 21.3. The molecule has 1 aliphatic heterocycles. The van der Waals surface area contributed by atoms with Crippen molar-refractivity contribution in [2.45, 2.75) is 24.7 Å². The second-order valence-electron chi connectivity index (χ2n) is 9.24. The Morgan fingerprint density at radius 2 is 1.18 bits per heavy atom. The zero-order valence-electron chi connectivity index (χ0n) is 20.4. The van der Waals surface area contributed by atoms with E-state index < -0.39 is 15.9 Å². The predicted octanol–water partition coefficient (Wildman–Crippen LogP) is 3.72. The Labute approximate surface area is 217 Å². The minimum atomic E-state index is -3.56. The molecule has 0 spiro atoms. The van der Waals surface area contributed by atoms with E-state index in [4.69, 9.17) is 0 Å². The smallest absolute Gasteiger partial charge is 0.268 e. The number of nitrogens with one attached hydrogen (secondary N) is 2. The number of hydrogen-bond donors (Lipinski definition) is 2. The van der Waals surface area contributed by atoms with Crippen LogP contribution < -0.4 is 10.9 Å². The number of aromatic nitrogens is 2. The van der Waals surface area contributed by atoms with E-state index >= 15 is 0 Å². The first-order valence-electron chi connectivity index (χ1n) is 12.2. The molecule has 0 radical (unpaired) electrons. The van der Waals surface area contributed by atoms with E-state index in [2.05, 4.69) is 9.97 Å². The highest BCUT2D eigenvalue weighted by Crippen LogP contribution is 2.29. The number of rotatable bonds is 1. The van der Waals surface area contributed by atoms with Crippen molar-refractivity contribution in [3.63, 3.8) is 0 Å². The van der Waals surface area contributed by atoms with Crippen LogP contribution in [0.5, 0.6) is 0 Å². The van der Waals surface area contributed by atoms with Gasteiger partial charge in [-0.25, -0.2) is 12.7 Å². The maximum Gasteiger partial charge on any atom is 0.268 e. The maximum atomic E-state index is 12.8. The normalized spacial score (nSPS) is 15.0. The van der Waals surface area contributed by atoms with Gasteiger partial charge in [0, 0.05) is 63.7 Å². The van der Waals surface area contributed by atoms with Crippen molar-refractivity contribution < 1.29 is 13.2 Å². The van der Waals surface area contributed by atoms with Gasteiger partial charge in [0.05, 0.1) is 5.56 Å². The van der Waals surface area contributed by atoms with Crippen LogP contribution in [0.2, 0.25) is 0 Å². The average molecular weight is 526 g/mol. The van der Waals surface area contributed by atoms with Crippen molar-refractivity contribution in [3.8, 4) is 0 Å². The van der Waals surface area contributed by atoms with Gasteiger partial charge in [0.2, 0.25) is 0 Å². The Morgan fingerprint density at radius 1 is 0.711 bits per heavy atom. The van der Waals surface area contributed by atoms with Gasteiger partial charge >= 0.3 is 0 Å². The van der Waals surface area contributed by atoms with Crippen LogP contribution in [0.15, 0.2) is 87.3 Å². The van der Waals surface area contributed by atoms with Crippen LogP contribution in [0.4, 0.5) is 0 Å². The number of aromatic amines is 2. The second-order valence-corrected chi connectivity index (χ2v) is 11.1. The fourth-order valence-corrected chi connectivity index (χ4v) is 6.81. The molecular weight excluding hydrogens is 502 g/mol. The van der Waals surface area contributed by atoms with Crippen LogP contribution in [0.3, 0.4) is 0 Å². The molecule has 1 aliphatic carbocycles. The molecule has 2 aromatic heterocycles. The Kier molecular flexibility index (Phi) is 5.53. The number of hydrogen-bond acceptors (Lipinski definition) is 5.